The first-order chi connectivity index (χ1) is 10.3. The fourth-order valence-electron chi connectivity index (χ4n) is 3.74. The summed E-state index contributed by atoms with van der Waals surface area (Å²) in [5.74, 6) is 1.86. The Morgan fingerprint density at radius 3 is 2.43 bits per heavy atom. The molecule has 0 amide bonds. The molecule has 3 heteroatoms. The minimum Gasteiger partial charge on any atom is -0.456 e. The van der Waals surface area contributed by atoms with E-state index in [4.69, 9.17) is 9.47 Å². The fourth-order valence-corrected chi connectivity index (χ4v) is 4.11. The predicted molar refractivity (Wildman–Crippen MR) is 85.4 cm³/mol. The van der Waals surface area contributed by atoms with Gasteiger partial charge in [-0.05, 0) is 48.3 Å². The zero-order valence-corrected chi connectivity index (χ0v) is 12.9. The zero-order chi connectivity index (χ0) is 14.0. The zero-order valence-electron chi connectivity index (χ0n) is 11.3. The van der Waals surface area contributed by atoms with E-state index in [2.05, 4.69) is 34.1 Å². The van der Waals surface area contributed by atoms with Crippen LogP contribution in [0.3, 0.4) is 0 Å². The molecule has 1 fully saturated rings. The lowest BCUT2D eigenvalue weighted by molar-refractivity contribution is 0.127. The standard InChI is InChI=1S/C18H13BrO2/c19-10-5-6-14-12(9-10)18-16-8-7-15(21-16)17(18)11-3-1-2-4-13(11)20-14/h1-6,9,15-16H,7-8H2. The fraction of sp³-hybridized carbons (Fsp3) is 0.222. The molecule has 5 rings (SSSR count). The molecule has 0 aliphatic carbocycles. The quantitative estimate of drug-likeness (QED) is 0.669. The Labute approximate surface area is 131 Å². The summed E-state index contributed by atoms with van der Waals surface area (Å²) in [5, 5.41) is 0. The van der Waals surface area contributed by atoms with Gasteiger partial charge in [-0.15, -0.1) is 0 Å². The first-order valence-electron chi connectivity index (χ1n) is 7.28. The molecular weight excluding hydrogens is 328 g/mol. The lowest BCUT2D eigenvalue weighted by atomic mass is 9.84. The number of hydrogen-bond donors (Lipinski definition) is 0. The summed E-state index contributed by atoms with van der Waals surface area (Å²) in [7, 11) is 0. The number of para-hydroxylation sites is 1. The third-order valence-electron chi connectivity index (χ3n) is 4.58. The predicted octanol–water partition coefficient (Wildman–Crippen LogP) is 5.03. The summed E-state index contributed by atoms with van der Waals surface area (Å²) in [6.07, 6.45) is 2.66. The lowest BCUT2D eigenvalue weighted by Crippen LogP contribution is -2.06. The highest BCUT2D eigenvalue weighted by atomic mass is 79.9. The Morgan fingerprint density at radius 1 is 0.857 bits per heavy atom. The monoisotopic (exact) mass is 340 g/mol. The molecule has 2 unspecified atom stereocenters. The number of benzene rings is 2. The molecule has 21 heavy (non-hydrogen) atoms. The molecular formula is C18H13BrO2. The SMILES string of the molecule is Brc1ccc2c(c1)C1=C(c3ccccc3O2)C2CCC1O2. The summed E-state index contributed by atoms with van der Waals surface area (Å²) in [6.45, 7) is 0. The second-order valence-corrected chi connectivity index (χ2v) is 6.67. The normalized spacial score (nSPS) is 25.0. The minimum atomic E-state index is 0.216. The van der Waals surface area contributed by atoms with E-state index in [1.807, 2.05) is 24.3 Å². The van der Waals surface area contributed by atoms with Crippen LogP contribution in [0.1, 0.15) is 24.0 Å². The molecule has 2 nitrogen and oxygen atoms in total. The molecule has 104 valence electrons. The Balaban J connectivity index is 1.87. The molecule has 2 bridgehead atoms. The highest BCUT2D eigenvalue weighted by Crippen LogP contribution is 2.54. The van der Waals surface area contributed by atoms with E-state index in [0.29, 0.717) is 0 Å². The average molecular weight is 341 g/mol. The average Bonchev–Trinajstić information content (AvgIpc) is 3.07. The van der Waals surface area contributed by atoms with Crippen molar-refractivity contribution in [1.29, 1.82) is 0 Å². The molecule has 1 saturated heterocycles. The second-order valence-electron chi connectivity index (χ2n) is 5.76. The van der Waals surface area contributed by atoms with Crippen LogP contribution in [0.2, 0.25) is 0 Å². The third-order valence-corrected chi connectivity index (χ3v) is 5.08. The van der Waals surface area contributed by atoms with Gasteiger partial charge in [0.05, 0.1) is 12.2 Å². The van der Waals surface area contributed by atoms with Crippen LogP contribution in [-0.2, 0) is 4.74 Å². The molecule has 0 spiro atoms. The van der Waals surface area contributed by atoms with Gasteiger partial charge in [0.2, 0.25) is 0 Å². The van der Waals surface area contributed by atoms with Crippen molar-refractivity contribution >= 4 is 27.1 Å². The van der Waals surface area contributed by atoms with Crippen molar-refractivity contribution in [1.82, 2.24) is 0 Å². The Morgan fingerprint density at radius 2 is 1.57 bits per heavy atom. The smallest absolute Gasteiger partial charge is 0.135 e. The van der Waals surface area contributed by atoms with Crippen molar-refractivity contribution in [2.75, 3.05) is 0 Å². The van der Waals surface area contributed by atoms with E-state index in [-0.39, 0.29) is 12.2 Å². The van der Waals surface area contributed by atoms with Crippen LogP contribution in [0.15, 0.2) is 46.9 Å². The minimum absolute atomic E-state index is 0.216. The Bertz CT molecular complexity index is 794. The molecule has 2 aromatic rings. The van der Waals surface area contributed by atoms with Crippen molar-refractivity contribution in [3.8, 4) is 11.5 Å². The number of ether oxygens (including phenoxy) is 2. The van der Waals surface area contributed by atoms with E-state index in [1.165, 1.54) is 22.3 Å². The Hall–Kier alpha value is -1.58. The van der Waals surface area contributed by atoms with E-state index in [0.717, 1.165) is 28.8 Å². The molecule has 0 N–H and O–H groups in total. The molecule has 0 radical (unpaired) electrons. The van der Waals surface area contributed by atoms with Gasteiger partial charge in [-0.3, -0.25) is 0 Å². The Kier molecular flexibility index (Phi) is 2.41. The molecule has 0 saturated carbocycles. The van der Waals surface area contributed by atoms with Crippen LogP contribution in [0.4, 0.5) is 0 Å². The van der Waals surface area contributed by atoms with Crippen molar-refractivity contribution in [3.63, 3.8) is 0 Å². The number of rotatable bonds is 0. The molecule has 3 heterocycles. The van der Waals surface area contributed by atoms with Crippen LogP contribution in [0, 0.1) is 0 Å². The van der Waals surface area contributed by atoms with Crippen molar-refractivity contribution in [3.05, 3.63) is 58.1 Å². The van der Waals surface area contributed by atoms with Gasteiger partial charge in [-0.25, -0.2) is 0 Å². The lowest BCUT2D eigenvalue weighted by Gasteiger charge is -2.16. The second kappa shape index (κ2) is 4.21. The molecule has 2 atom stereocenters. The van der Waals surface area contributed by atoms with Gasteiger partial charge < -0.3 is 9.47 Å². The summed E-state index contributed by atoms with van der Waals surface area (Å²) in [6, 6.07) is 14.5. The van der Waals surface area contributed by atoms with Crippen LogP contribution in [0.5, 0.6) is 11.5 Å². The first kappa shape index (κ1) is 12.0. The van der Waals surface area contributed by atoms with Crippen LogP contribution >= 0.6 is 15.9 Å². The number of fused-ring (bicyclic) bond motifs is 8. The first-order valence-corrected chi connectivity index (χ1v) is 8.07. The van der Waals surface area contributed by atoms with E-state index in [1.54, 1.807) is 0 Å². The topological polar surface area (TPSA) is 18.5 Å². The van der Waals surface area contributed by atoms with Crippen molar-refractivity contribution in [2.45, 2.75) is 25.0 Å². The van der Waals surface area contributed by atoms with Crippen LogP contribution in [-0.4, -0.2) is 12.2 Å². The van der Waals surface area contributed by atoms with Gasteiger partial charge >= 0.3 is 0 Å². The summed E-state index contributed by atoms with van der Waals surface area (Å²) >= 11 is 3.58. The van der Waals surface area contributed by atoms with Crippen LogP contribution < -0.4 is 4.74 Å². The number of halogens is 1. The molecule has 2 aromatic carbocycles. The molecule has 3 aliphatic rings. The van der Waals surface area contributed by atoms with E-state index in [9.17, 15) is 0 Å². The highest BCUT2D eigenvalue weighted by Gasteiger charge is 2.44. The summed E-state index contributed by atoms with van der Waals surface area (Å²) < 4.78 is 13.5. The maximum absolute atomic E-state index is 6.20. The molecule has 0 aromatic heterocycles. The van der Waals surface area contributed by atoms with E-state index < -0.39 is 0 Å². The van der Waals surface area contributed by atoms with Crippen molar-refractivity contribution in [2.24, 2.45) is 0 Å². The summed E-state index contributed by atoms with van der Waals surface area (Å²) in [4.78, 5) is 0. The van der Waals surface area contributed by atoms with Crippen molar-refractivity contribution < 1.29 is 9.47 Å². The van der Waals surface area contributed by atoms with Gasteiger partial charge in [-0.2, -0.15) is 0 Å². The van der Waals surface area contributed by atoms with Gasteiger partial charge in [0, 0.05) is 15.6 Å². The van der Waals surface area contributed by atoms with Gasteiger partial charge in [0.1, 0.15) is 11.5 Å². The largest absolute Gasteiger partial charge is 0.456 e. The maximum Gasteiger partial charge on any atom is 0.135 e. The van der Waals surface area contributed by atoms with Crippen LogP contribution in [0.25, 0.3) is 11.1 Å². The third kappa shape index (κ3) is 1.62. The molecule has 3 aliphatic heterocycles. The van der Waals surface area contributed by atoms with Gasteiger partial charge in [-0.1, -0.05) is 34.1 Å². The van der Waals surface area contributed by atoms with E-state index >= 15 is 0 Å². The number of hydrogen-bond acceptors (Lipinski definition) is 2. The highest BCUT2D eigenvalue weighted by molar-refractivity contribution is 9.10. The van der Waals surface area contributed by atoms with Gasteiger partial charge in [0.25, 0.3) is 0 Å². The maximum atomic E-state index is 6.20. The van der Waals surface area contributed by atoms with Gasteiger partial charge in [0.15, 0.2) is 0 Å². The summed E-state index contributed by atoms with van der Waals surface area (Å²) in [5.41, 5.74) is 5.01.